The van der Waals surface area contributed by atoms with Gasteiger partial charge in [0.1, 0.15) is 5.75 Å². The van der Waals surface area contributed by atoms with Crippen molar-refractivity contribution >= 4 is 6.03 Å². The molecule has 1 N–H and O–H groups in total. The fourth-order valence-corrected chi connectivity index (χ4v) is 4.06. The van der Waals surface area contributed by atoms with E-state index in [1.165, 1.54) is 0 Å². The number of carbonyl (C=O) groups is 1. The predicted molar refractivity (Wildman–Crippen MR) is 119 cm³/mol. The number of likely N-dealkylation sites (N-methyl/N-ethyl adjacent to an activating group) is 1. The molecular weight excluding hydrogens is 376 g/mol. The van der Waals surface area contributed by atoms with Crippen molar-refractivity contribution in [3.63, 3.8) is 0 Å². The van der Waals surface area contributed by atoms with Crippen molar-refractivity contribution in [2.45, 2.75) is 19.0 Å². The van der Waals surface area contributed by atoms with Gasteiger partial charge in [0, 0.05) is 45.8 Å². The summed E-state index contributed by atoms with van der Waals surface area (Å²) in [5.74, 6) is 0.894. The van der Waals surface area contributed by atoms with Gasteiger partial charge in [-0.05, 0) is 36.7 Å². The van der Waals surface area contributed by atoms with E-state index in [0.717, 1.165) is 62.6 Å². The second-order valence-corrected chi connectivity index (χ2v) is 8.28. The van der Waals surface area contributed by atoms with Crippen LogP contribution in [-0.2, 0) is 6.54 Å². The fraction of sp³-hybridized carbons (Fsp3) is 0.458. The lowest BCUT2D eigenvalue weighted by molar-refractivity contribution is 0.145. The zero-order chi connectivity index (χ0) is 20.8. The van der Waals surface area contributed by atoms with E-state index in [1.54, 1.807) is 0 Å². The summed E-state index contributed by atoms with van der Waals surface area (Å²) in [7, 11) is 2.18. The average Bonchev–Trinajstić information content (AvgIpc) is 3.14. The topological polar surface area (TPSA) is 48.1 Å². The molecule has 2 aromatic rings. The molecule has 0 aromatic heterocycles. The van der Waals surface area contributed by atoms with E-state index >= 15 is 0 Å². The Morgan fingerprint density at radius 1 is 1.00 bits per heavy atom. The average molecular weight is 409 g/mol. The van der Waals surface area contributed by atoms with Gasteiger partial charge in [-0.25, -0.2) is 4.79 Å². The maximum Gasteiger partial charge on any atom is 0.318 e. The van der Waals surface area contributed by atoms with Crippen LogP contribution in [0, 0.1) is 0 Å². The summed E-state index contributed by atoms with van der Waals surface area (Å²) in [5.41, 5.74) is 2.26. The van der Waals surface area contributed by atoms with E-state index < -0.39 is 0 Å². The normalized spacial score (nSPS) is 20.4. The summed E-state index contributed by atoms with van der Waals surface area (Å²) in [6.45, 7) is 7.75. The number of hydrogen-bond donors (Lipinski definition) is 1. The smallest absolute Gasteiger partial charge is 0.318 e. The van der Waals surface area contributed by atoms with Crippen LogP contribution in [0.4, 0.5) is 4.79 Å². The van der Waals surface area contributed by atoms with Crippen molar-refractivity contribution in [1.82, 2.24) is 20.0 Å². The Morgan fingerprint density at radius 2 is 1.73 bits per heavy atom. The first kappa shape index (κ1) is 20.7. The molecule has 1 atom stereocenters. The van der Waals surface area contributed by atoms with E-state index in [0.29, 0.717) is 13.1 Å². The van der Waals surface area contributed by atoms with Crippen molar-refractivity contribution in [2.24, 2.45) is 0 Å². The molecule has 2 amide bonds. The van der Waals surface area contributed by atoms with Gasteiger partial charge in [-0.3, -0.25) is 0 Å². The van der Waals surface area contributed by atoms with Gasteiger partial charge in [0.15, 0.2) is 0 Å². The highest BCUT2D eigenvalue weighted by molar-refractivity contribution is 5.77. The minimum Gasteiger partial charge on any atom is -0.494 e. The van der Waals surface area contributed by atoms with E-state index in [1.807, 2.05) is 35.2 Å². The third-order valence-electron chi connectivity index (χ3n) is 5.97. The molecule has 2 fully saturated rings. The first-order chi connectivity index (χ1) is 14.7. The molecule has 0 unspecified atom stereocenters. The van der Waals surface area contributed by atoms with Crippen LogP contribution in [0.3, 0.4) is 0 Å². The molecule has 2 aliphatic heterocycles. The molecule has 2 heterocycles. The molecule has 0 spiro atoms. The van der Waals surface area contributed by atoms with Crippen LogP contribution in [0.15, 0.2) is 54.6 Å². The summed E-state index contributed by atoms with van der Waals surface area (Å²) in [4.78, 5) is 19.1. The van der Waals surface area contributed by atoms with Crippen molar-refractivity contribution in [3.05, 3.63) is 65.7 Å². The molecule has 30 heavy (non-hydrogen) atoms. The van der Waals surface area contributed by atoms with Gasteiger partial charge >= 0.3 is 6.03 Å². The lowest BCUT2D eigenvalue weighted by Gasteiger charge is -2.32. The molecular formula is C24H32N4O2. The summed E-state index contributed by atoms with van der Waals surface area (Å²) in [6.07, 6.45) is 1.04. The van der Waals surface area contributed by atoms with Gasteiger partial charge in [0.25, 0.3) is 0 Å². The molecule has 2 aliphatic rings. The standard InChI is InChI=1S/C24H32N4O2/c1-26-13-15-27(16-14-26)12-5-17-30-22-10-8-20(9-11-22)18-28-19-23(25-24(28)29)21-6-3-2-4-7-21/h2-4,6-11,23H,5,12-19H2,1H3,(H,25,29)/t23-/m1/s1. The van der Waals surface area contributed by atoms with Crippen molar-refractivity contribution in [1.29, 1.82) is 0 Å². The number of carbonyl (C=O) groups excluding carboxylic acids is 1. The quantitative estimate of drug-likeness (QED) is 0.683. The van der Waals surface area contributed by atoms with Gasteiger partial charge in [-0.1, -0.05) is 42.5 Å². The van der Waals surface area contributed by atoms with Gasteiger partial charge in [-0.15, -0.1) is 0 Å². The Hall–Kier alpha value is -2.57. The first-order valence-corrected chi connectivity index (χ1v) is 10.9. The molecule has 4 rings (SSSR count). The van der Waals surface area contributed by atoms with Crippen LogP contribution in [0.25, 0.3) is 0 Å². The Kier molecular flexibility index (Phi) is 6.87. The number of amides is 2. The number of hydrogen-bond acceptors (Lipinski definition) is 4. The predicted octanol–water partition coefficient (Wildman–Crippen LogP) is 2.97. The van der Waals surface area contributed by atoms with Crippen molar-refractivity contribution < 1.29 is 9.53 Å². The molecule has 0 bridgehead atoms. The lowest BCUT2D eigenvalue weighted by atomic mass is 10.1. The van der Waals surface area contributed by atoms with E-state index in [4.69, 9.17) is 4.74 Å². The number of urea groups is 1. The zero-order valence-corrected chi connectivity index (χ0v) is 17.8. The molecule has 6 nitrogen and oxygen atoms in total. The minimum atomic E-state index is -0.00640. The van der Waals surface area contributed by atoms with Crippen molar-refractivity contribution in [3.8, 4) is 5.75 Å². The largest absolute Gasteiger partial charge is 0.494 e. The van der Waals surface area contributed by atoms with Gasteiger partial charge < -0.3 is 24.8 Å². The highest BCUT2D eigenvalue weighted by atomic mass is 16.5. The van der Waals surface area contributed by atoms with Crippen molar-refractivity contribution in [2.75, 3.05) is 52.9 Å². The maximum absolute atomic E-state index is 12.3. The lowest BCUT2D eigenvalue weighted by Crippen LogP contribution is -2.44. The highest BCUT2D eigenvalue weighted by Crippen LogP contribution is 2.22. The molecule has 0 aliphatic carbocycles. The number of ether oxygens (including phenoxy) is 1. The van der Waals surface area contributed by atoms with Crippen LogP contribution in [0.5, 0.6) is 5.75 Å². The van der Waals surface area contributed by atoms with Gasteiger partial charge in [-0.2, -0.15) is 0 Å². The summed E-state index contributed by atoms with van der Waals surface area (Å²) < 4.78 is 5.91. The number of nitrogens with zero attached hydrogens (tertiary/aromatic N) is 3. The fourth-order valence-electron chi connectivity index (χ4n) is 4.06. The van der Waals surface area contributed by atoms with E-state index in [9.17, 15) is 4.79 Å². The molecule has 0 radical (unpaired) electrons. The molecule has 2 aromatic carbocycles. The Bertz CT molecular complexity index is 804. The molecule has 160 valence electrons. The molecule has 6 heteroatoms. The monoisotopic (exact) mass is 408 g/mol. The third kappa shape index (κ3) is 5.52. The SMILES string of the molecule is CN1CCN(CCCOc2ccc(CN3C[C@H](c4ccccc4)NC3=O)cc2)CC1. The number of rotatable bonds is 8. The number of piperazine rings is 1. The van der Waals surface area contributed by atoms with E-state index in [-0.39, 0.29) is 12.1 Å². The zero-order valence-electron chi connectivity index (χ0n) is 17.8. The number of benzene rings is 2. The van der Waals surface area contributed by atoms with Crippen LogP contribution in [0.2, 0.25) is 0 Å². The summed E-state index contributed by atoms with van der Waals surface area (Å²) in [6, 6.07) is 18.3. The van der Waals surface area contributed by atoms with Crippen LogP contribution in [0.1, 0.15) is 23.6 Å². The minimum absolute atomic E-state index is 0.00640. The van der Waals surface area contributed by atoms with Crippen LogP contribution >= 0.6 is 0 Å². The second kappa shape index (κ2) is 9.96. The third-order valence-corrected chi connectivity index (χ3v) is 5.97. The van der Waals surface area contributed by atoms with Crippen LogP contribution in [-0.4, -0.2) is 73.7 Å². The Labute approximate surface area is 179 Å². The maximum atomic E-state index is 12.3. The molecule has 2 saturated heterocycles. The summed E-state index contributed by atoms with van der Waals surface area (Å²) >= 11 is 0. The van der Waals surface area contributed by atoms with Gasteiger partial charge in [0.05, 0.1) is 12.6 Å². The van der Waals surface area contributed by atoms with Gasteiger partial charge in [0.2, 0.25) is 0 Å². The summed E-state index contributed by atoms with van der Waals surface area (Å²) in [5, 5.41) is 3.07. The number of nitrogens with one attached hydrogen (secondary N) is 1. The van der Waals surface area contributed by atoms with Crippen LogP contribution < -0.4 is 10.1 Å². The Morgan fingerprint density at radius 3 is 2.47 bits per heavy atom. The first-order valence-electron chi connectivity index (χ1n) is 10.9. The highest BCUT2D eigenvalue weighted by Gasteiger charge is 2.29. The Balaban J connectivity index is 1.20. The molecule has 0 saturated carbocycles. The van der Waals surface area contributed by atoms with E-state index in [2.05, 4.69) is 46.4 Å². The second-order valence-electron chi connectivity index (χ2n) is 8.28.